The molecule has 2 rings (SSSR count). The molecule has 0 bridgehead atoms. The van der Waals surface area contributed by atoms with Crippen LogP contribution in [0.3, 0.4) is 0 Å². The minimum atomic E-state index is -3.92. The van der Waals surface area contributed by atoms with Gasteiger partial charge in [-0.1, -0.05) is 42.8 Å². The maximum atomic E-state index is 14.3. The molecule has 9 heteroatoms. The molecule has 0 aromatic heterocycles. The number of carbonyl (C=O) groups excluding carboxylic acids is 2. The zero-order chi connectivity index (χ0) is 24.8. The summed E-state index contributed by atoms with van der Waals surface area (Å²) in [5.41, 5.74) is 1.14. The van der Waals surface area contributed by atoms with Crippen LogP contribution in [0.2, 0.25) is 0 Å². The van der Waals surface area contributed by atoms with E-state index in [9.17, 15) is 22.4 Å². The van der Waals surface area contributed by atoms with E-state index >= 15 is 0 Å². The Kier molecular flexibility index (Phi) is 9.13. The second-order valence-corrected chi connectivity index (χ2v) is 10.2. The summed E-state index contributed by atoms with van der Waals surface area (Å²) in [5, 5.41) is 2.82. The maximum absolute atomic E-state index is 14.3. The Morgan fingerprint density at radius 1 is 1.06 bits per heavy atom. The molecule has 0 heterocycles. The predicted molar refractivity (Wildman–Crippen MR) is 125 cm³/mol. The van der Waals surface area contributed by atoms with Crippen LogP contribution in [-0.2, 0) is 26.2 Å². The van der Waals surface area contributed by atoms with E-state index in [1.54, 1.807) is 25.1 Å². The van der Waals surface area contributed by atoms with Crippen LogP contribution in [0.1, 0.15) is 38.3 Å². The van der Waals surface area contributed by atoms with Crippen LogP contribution in [0.4, 0.5) is 4.39 Å². The lowest BCUT2D eigenvalue weighted by Crippen LogP contribution is -2.52. The van der Waals surface area contributed by atoms with E-state index < -0.39 is 40.2 Å². The molecule has 0 aliphatic rings. The van der Waals surface area contributed by atoms with Gasteiger partial charge < -0.3 is 10.2 Å². The molecule has 33 heavy (non-hydrogen) atoms. The Balaban J connectivity index is 2.29. The number of halogens is 1. The average molecular weight is 478 g/mol. The lowest BCUT2D eigenvalue weighted by molar-refractivity contribution is -0.140. The minimum Gasteiger partial charge on any atom is -0.352 e. The van der Waals surface area contributed by atoms with Gasteiger partial charge >= 0.3 is 0 Å². The Bertz CT molecular complexity index is 1070. The van der Waals surface area contributed by atoms with Gasteiger partial charge in [0.25, 0.3) is 0 Å². The summed E-state index contributed by atoms with van der Waals surface area (Å²) in [6.07, 6.45) is 0.706. The molecule has 180 valence electrons. The molecule has 2 aromatic rings. The molecule has 1 N–H and O–H groups in total. The van der Waals surface area contributed by atoms with Gasteiger partial charge in [-0.05, 0) is 45.4 Å². The van der Waals surface area contributed by atoms with Crippen LogP contribution in [-0.4, -0.2) is 55.1 Å². The Morgan fingerprint density at radius 2 is 1.67 bits per heavy atom. The van der Waals surface area contributed by atoms with Crippen molar-refractivity contribution in [2.45, 2.75) is 57.6 Å². The molecular formula is C24H32FN3O4S. The van der Waals surface area contributed by atoms with E-state index in [0.717, 1.165) is 9.87 Å². The molecule has 2 aromatic carbocycles. The van der Waals surface area contributed by atoms with E-state index in [1.807, 2.05) is 20.8 Å². The number of benzene rings is 2. The Morgan fingerprint density at radius 3 is 2.24 bits per heavy atom. The molecule has 2 atom stereocenters. The fourth-order valence-corrected chi connectivity index (χ4v) is 4.24. The molecule has 0 spiro atoms. The monoisotopic (exact) mass is 477 g/mol. The third-order valence-corrected chi connectivity index (χ3v) is 7.37. The first-order valence-electron chi connectivity index (χ1n) is 10.8. The van der Waals surface area contributed by atoms with Gasteiger partial charge in [-0.2, -0.15) is 4.31 Å². The first-order valence-corrected chi connectivity index (χ1v) is 12.3. The lowest BCUT2D eigenvalue weighted by atomic mass is 10.1. The molecule has 0 saturated heterocycles. The van der Waals surface area contributed by atoms with Crippen LogP contribution in [0.25, 0.3) is 0 Å². The van der Waals surface area contributed by atoms with E-state index in [2.05, 4.69) is 5.32 Å². The van der Waals surface area contributed by atoms with Crippen molar-refractivity contribution in [2.75, 3.05) is 13.6 Å². The predicted octanol–water partition coefficient (Wildman–Crippen LogP) is 3.09. The fourth-order valence-electron chi connectivity index (χ4n) is 3.11. The van der Waals surface area contributed by atoms with Gasteiger partial charge in [0.05, 0.1) is 11.4 Å². The van der Waals surface area contributed by atoms with Crippen molar-refractivity contribution in [3.63, 3.8) is 0 Å². The van der Waals surface area contributed by atoms with Gasteiger partial charge in [-0.3, -0.25) is 9.59 Å². The number of hydrogen-bond acceptors (Lipinski definition) is 4. The van der Waals surface area contributed by atoms with Gasteiger partial charge in [0.15, 0.2) is 0 Å². The minimum absolute atomic E-state index is 0.0617. The second-order valence-electron chi connectivity index (χ2n) is 8.18. The molecule has 0 saturated carbocycles. The van der Waals surface area contributed by atoms with E-state index in [1.165, 1.54) is 42.3 Å². The van der Waals surface area contributed by atoms with Gasteiger partial charge in [-0.15, -0.1) is 0 Å². The first-order chi connectivity index (χ1) is 15.5. The Hall–Kier alpha value is -2.78. The summed E-state index contributed by atoms with van der Waals surface area (Å²) in [4.78, 5) is 27.2. The molecule has 0 aliphatic heterocycles. The summed E-state index contributed by atoms with van der Waals surface area (Å²) >= 11 is 0. The van der Waals surface area contributed by atoms with Gasteiger partial charge in [0.2, 0.25) is 21.8 Å². The summed E-state index contributed by atoms with van der Waals surface area (Å²) in [7, 11) is -2.62. The number of amides is 2. The highest BCUT2D eigenvalue weighted by Crippen LogP contribution is 2.17. The van der Waals surface area contributed by atoms with Crippen molar-refractivity contribution in [3.05, 3.63) is 65.5 Å². The van der Waals surface area contributed by atoms with Crippen molar-refractivity contribution >= 4 is 21.8 Å². The second kappa shape index (κ2) is 11.4. The maximum Gasteiger partial charge on any atom is 0.243 e. The van der Waals surface area contributed by atoms with Crippen LogP contribution in [0.15, 0.2) is 53.4 Å². The van der Waals surface area contributed by atoms with Gasteiger partial charge in [0, 0.05) is 25.2 Å². The molecule has 7 nitrogen and oxygen atoms in total. The normalized spacial score (nSPS) is 13.4. The smallest absolute Gasteiger partial charge is 0.243 e. The third-order valence-electron chi connectivity index (χ3n) is 5.55. The number of nitrogens with one attached hydrogen (secondary N) is 1. The highest BCUT2D eigenvalue weighted by molar-refractivity contribution is 7.89. The van der Waals surface area contributed by atoms with Gasteiger partial charge in [0.1, 0.15) is 11.9 Å². The van der Waals surface area contributed by atoms with Crippen LogP contribution in [0, 0.1) is 12.7 Å². The van der Waals surface area contributed by atoms with E-state index in [0.29, 0.717) is 6.42 Å². The average Bonchev–Trinajstić information content (AvgIpc) is 2.78. The highest BCUT2D eigenvalue weighted by atomic mass is 32.2. The fraction of sp³-hybridized carbons (Fsp3) is 0.417. The van der Waals surface area contributed by atoms with Crippen LogP contribution in [0.5, 0.6) is 0 Å². The Labute approximate surface area is 195 Å². The molecule has 0 aliphatic carbocycles. The van der Waals surface area contributed by atoms with Crippen molar-refractivity contribution in [2.24, 2.45) is 0 Å². The van der Waals surface area contributed by atoms with Crippen molar-refractivity contribution in [1.29, 1.82) is 0 Å². The summed E-state index contributed by atoms with van der Waals surface area (Å²) in [5.74, 6) is -1.51. The number of aryl methyl sites for hydroxylation is 1. The van der Waals surface area contributed by atoms with Crippen LogP contribution < -0.4 is 5.32 Å². The quantitative estimate of drug-likeness (QED) is 0.570. The lowest BCUT2D eigenvalue weighted by Gasteiger charge is -2.31. The molecule has 2 amide bonds. The number of likely N-dealkylation sites (N-methyl/N-ethyl adjacent to an activating group) is 1. The van der Waals surface area contributed by atoms with Crippen LogP contribution >= 0.6 is 0 Å². The van der Waals surface area contributed by atoms with Gasteiger partial charge in [-0.25, -0.2) is 12.8 Å². The standard InChI is InChI=1S/C24H32FN3O4S/c1-6-18(3)26-24(30)19(4)28(15-20-9-7-8-10-22(20)25)23(29)16-27(5)33(31,32)21-13-11-17(2)12-14-21/h7-14,18-19H,6,15-16H2,1-5H3,(H,26,30). The summed E-state index contributed by atoms with van der Waals surface area (Å²) < 4.78 is 41.1. The van der Waals surface area contributed by atoms with Crippen molar-refractivity contribution in [1.82, 2.24) is 14.5 Å². The number of hydrogen-bond donors (Lipinski definition) is 1. The number of rotatable bonds is 10. The van der Waals surface area contributed by atoms with E-state index in [4.69, 9.17) is 0 Å². The summed E-state index contributed by atoms with van der Waals surface area (Å²) in [6, 6.07) is 11.2. The topological polar surface area (TPSA) is 86.8 Å². The summed E-state index contributed by atoms with van der Waals surface area (Å²) in [6.45, 7) is 6.49. The number of nitrogens with zero attached hydrogens (tertiary/aromatic N) is 2. The van der Waals surface area contributed by atoms with Crippen molar-refractivity contribution in [3.8, 4) is 0 Å². The molecule has 0 fully saturated rings. The third kappa shape index (κ3) is 6.85. The molecular weight excluding hydrogens is 445 g/mol. The molecule has 0 radical (unpaired) electrons. The SMILES string of the molecule is CCC(C)NC(=O)C(C)N(Cc1ccccc1F)C(=O)CN(C)S(=O)(=O)c1ccc(C)cc1. The number of carbonyl (C=O) groups is 2. The zero-order valence-corrected chi connectivity index (χ0v) is 20.5. The molecule has 2 unspecified atom stereocenters. The zero-order valence-electron chi connectivity index (χ0n) is 19.7. The van der Waals surface area contributed by atoms with E-state index in [-0.39, 0.29) is 23.0 Å². The highest BCUT2D eigenvalue weighted by Gasteiger charge is 2.31. The largest absolute Gasteiger partial charge is 0.352 e. The van der Waals surface area contributed by atoms with Crippen molar-refractivity contribution < 1.29 is 22.4 Å². The first kappa shape index (κ1) is 26.5. The number of sulfonamides is 1.